The molecule has 0 aliphatic carbocycles. The zero-order chi connectivity index (χ0) is 15.8. The molecule has 5 heteroatoms. The number of likely N-dealkylation sites (tertiary alicyclic amines) is 1. The summed E-state index contributed by atoms with van der Waals surface area (Å²) in [6, 6.07) is 7.91. The van der Waals surface area contributed by atoms with E-state index in [4.69, 9.17) is 4.42 Å². The first-order chi connectivity index (χ1) is 11.2. The summed E-state index contributed by atoms with van der Waals surface area (Å²) in [5, 5.41) is 0. The largest absolute Gasteiger partial charge is 0.467 e. The second-order valence-corrected chi connectivity index (χ2v) is 6.09. The number of fused-ring (bicyclic) bond motifs is 1. The minimum absolute atomic E-state index is 0.0660. The fourth-order valence-corrected chi connectivity index (χ4v) is 3.39. The van der Waals surface area contributed by atoms with Crippen molar-refractivity contribution in [1.82, 2.24) is 14.3 Å². The van der Waals surface area contributed by atoms with E-state index in [-0.39, 0.29) is 11.9 Å². The van der Waals surface area contributed by atoms with Crippen LogP contribution in [0.15, 0.2) is 47.3 Å². The van der Waals surface area contributed by atoms with Gasteiger partial charge >= 0.3 is 0 Å². The van der Waals surface area contributed by atoms with Gasteiger partial charge in [-0.05, 0) is 43.5 Å². The SMILES string of the molecule is Cc1cccn2cc(CC(=O)N3CCCC3c3ccco3)nc12. The number of carbonyl (C=O) groups is 1. The first-order valence-corrected chi connectivity index (χ1v) is 7.98. The van der Waals surface area contributed by atoms with Gasteiger partial charge in [-0.25, -0.2) is 4.98 Å². The molecular formula is C18H19N3O2. The highest BCUT2D eigenvalue weighted by atomic mass is 16.3. The standard InChI is InChI=1S/C18H19N3O2/c1-13-5-2-8-20-12-14(19-18(13)20)11-17(22)21-9-3-6-15(21)16-7-4-10-23-16/h2,4-5,7-8,10,12,15H,3,6,9,11H2,1H3. The van der Waals surface area contributed by atoms with Crippen molar-refractivity contribution in [3.8, 4) is 0 Å². The predicted octanol–water partition coefficient (Wildman–Crippen LogP) is 3.14. The number of aryl methyl sites for hydroxylation is 1. The molecule has 0 spiro atoms. The van der Waals surface area contributed by atoms with Gasteiger partial charge in [0.15, 0.2) is 0 Å². The van der Waals surface area contributed by atoms with Crippen molar-refractivity contribution in [3.63, 3.8) is 0 Å². The fraction of sp³-hybridized carbons (Fsp3) is 0.333. The maximum absolute atomic E-state index is 12.7. The lowest BCUT2D eigenvalue weighted by atomic mass is 10.1. The van der Waals surface area contributed by atoms with Gasteiger partial charge in [0.25, 0.3) is 0 Å². The van der Waals surface area contributed by atoms with E-state index in [9.17, 15) is 4.79 Å². The van der Waals surface area contributed by atoms with Crippen LogP contribution in [-0.4, -0.2) is 26.7 Å². The van der Waals surface area contributed by atoms with Gasteiger partial charge in [0.05, 0.1) is 24.4 Å². The lowest BCUT2D eigenvalue weighted by molar-refractivity contribution is -0.131. The predicted molar refractivity (Wildman–Crippen MR) is 86.0 cm³/mol. The second-order valence-electron chi connectivity index (χ2n) is 6.09. The Morgan fingerprint density at radius 3 is 3.09 bits per heavy atom. The summed E-state index contributed by atoms with van der Waals surface area (Å²) >= 11 is 0. The Labute approximate surface area is 134 Å². The average Bonchev–Trinajstić information content (AvgIpc) is 3.27. The molecule has 1 atom stereocenters. The Bertz CT molecular complexity index is 835. The van der Waals surface area contributed by atoms with Crippen molar-refractivity contribution in [2.75, 3.05) is 6.54 Å². The molecule has 0 saturated carbocycles. The van der Waals surface area contributed by atoms with Gasteiger partial charge in [0.1, 0.15) is 11.4 Å². The summed E-state index contributed by atoms with van der Waals surface area (Å²) in [6.45, 7) is 2.82. The van der Waals surface area contributed by atoms with E-state index in [1.165, 1.54) is 0 Å². The molecule has 1 fully saturated rings. The van der Waals surface area contributed by atoms with Gasteiger partial charge in [-0.2, -0.15) is 0 Å². The molecular weight excluding hydrogens is 290 g/mol. The van der Waals surface area contributed by atoms with Crippen molar-refractivity contribution in [3.05, 3.63) is 59.9 Å². The quantitative estimate of drug-likeness (QED) is 0.747. The Balaban J connectivity index is 1.55. The van der Waals surface area contributed by atoms with Gasteiger partial charge in [-0.1, -0.05) is 6.07 Å². The molecule has 0 N–H and O–H groups in total. The monoisotopic (exact) mass is 309 g/mol. The van der Waals surface area contributed by atoms with Crippen molar-refractivity contribution < 1.29 is 9.21 Å². The van der Waals surface area contributed by atoms with Gasteiger partial charge in [0, 0.05) is 18.9 Å². The smallest absolute Gasteiger partial charge is 0.229 e. The minimum Gasteiger partial charge on any atom is -0.467 e. The lowest BCUT2D eigenvalue weighted by Crippen LogP contribution is -2.31. The first-order valence-electron chi connectivity index (χ1n) is 7.98. The maximum atomic E-state index is 12.7. The number of amides is 1. The van der Waals surface area contributed by atoms with E-state index < -0.39 is 0 Å². The van der Waals surface area contributed by atoms with Crippen molar-refractivity contribution in [1.29, 1.82) is 0 Å². The highest BCUT2D eigenvalue weighted by molar-refractivity contribution is 5.79. The molecule has 118 valence electrons. The Hall–Kier alpha value is -2.56. The Morgan fingerprint density at radius 1 is 1.39 bits per heavy atom. The molecule has 1 aliphatic rings. The second kappa shape index (κ2) is 5.57. The molecule has 23 heavy (non-hydrogen) atoms. The molecule has 4 heterocycles. The van der Waals surface area contributed by atoms with Crippen molar-refractivity contribution in [2.45, 2.75) is 32.2 Å². The average molecular weight is 309 g/mol. The highest BCUT2D eigenvalue weighted by Crippen LogP contribution is 2.32. The van der Waals surface area contributed by atoms with Crippen LogP contribution in [0.25, 0.3) is 5.65 Å². The Morgan fingerprint density at radius 2 is 2.30 bits per heavy atom. The summed E-state index contributed by atoms with van der Waals surface area (Å²) in [5.74, 6) is 0.992. The number of hydrogen-bond acceptors (Lipinski definition) is 3. The number of carbonyl (C=O) groups excluding carboxylic acids is 1. The number of nitrogens with zero attached hydrogens (tertiary/aromatic N) is 3. The maximum Gasteiger partial charge on any atom is 0.229 e. The van der Waals surface area contributed by atoms with Crippen LogP contribution >= 0.6 is 0 Å². The lowest BCUT2D eigenvalue weighted by Gasteiger charge is -2.22. The molecule has 0 radical (unpaired) electrons. The first kappa shape index (κ1) is 14.1. The van der Waals surface area contributed by atoms with E-state index >= 15 is 0 Å². The van der Waals surface area contributed by atoms with E-state index in [2.05, 4.69) is 4.98 Å². The van der Waals surface area contributed by atoms with Crippen LogP contribution in [0.4, 0.5) is 0 Å². The third-order valence-electron chi connectivity index (χ3n) is 4.50. The summed E-state index contributed by atoms with van der Waals surface area (Å²) in [6.07, 6.45) is 7.88. The molecule has 1 aliphatic heterocycles. The van der Waals surface area contributed by atoms with Crippen LogP contribution in [0.2, 0.25) is 0 Å². The Kier molecular flexibility index (Phi) is 3.41. The molecule has 3 aromatic heterocycles. The van der Waals surface area contributed by atoms with E-state index in [1.54, 1.807) is 6.26 Å². The van der Waals surface area contributed by atoms with Gasteiger partial charge in [-0.3, -0.25) is 4.79 Å². The zero-order valence-electron chi connectivity index (χ0n) is 13.1. The molecule has 4 rings (SSSR count). The summed E-state index contributed by atoms with van der Waals surface area (Å²) in [4.78, 5) is 19.2. The van der Waals surface area contributed by atoms with E-state index in [1.807, 2.05) is 52.9 Å². The normalized spacial score (nSPS) is 18.0. The van der Waals surface area contributed by atoms with Gasteiger partial charge in [-0.15, -0.1) is 0 Å². The number of rotatable bonds is 3. The van der Waals surface area contributed by atoms with Crippen LogP contribution in [0, 0.1) is 6.92 Å². The molecule has 5 nitrogen and oxygen atoms in total. The summed E-state index contributed by atoms with van der Waals surface area (Å²) in [7, 11) is 0. The van der Waals surface area contributed by atoms with Crippen LogP contribution in [0.5, 0.6) is 0 Å². The molecule has 1 amide bonds. The number of aromatic nitrogens is 2. The number of imidazole rings is 1. The number of furan rings is 1. The van der Waals surface area contributed by atoms with Crippen molar-refractivity contribution >= 4 is 11.6 Å². The molecule has 0 bridgehead atoms. The minimum atomic E-state index is 0.0660. The molecule has 1 unspecified atom stereocenters. The van der Waals surface area contributed by atoms with Crippen LogP contribution in [0.3, 0.4) is 0 Å². The summed E-state index contributed by atoms with van der Waals surface area (Å²) < 4.78 is 7.48. The fourth-order valence-electron chi connectivity index (χ4n) is 3.39. The number of hydrogen-bond donors (Lipinski definition) is 0. The van der Waals surface area contributed by atoms with Gasteiger partial charge in [0.2, 0.25) is 5.91 Å². The van der Waals surface area contributed by atoms with E-state index in [0.29, 0.717) is 6.42 Å². The number of pyridine rings is 1. The molecule has 0 aromatic carbocycles. The van der Waals surface area contributed by atoms with Crippen LogP contribution in [-0.2, 0) is 11.2 Å². The van der Waals surface area contributed by atoms with Crippen LogP contribution in [0.1, 0.15) is 35.9 Å². The highest BCUT2D eigenvalue weighted by Gasteiger charge is 2.31. The molecule has 1 saturated heterocycles. The summed E-state index contributed by atoms with van der Waals surface area (Å²) in [5.41, 5.74) is 2.84. The topological polar surface area (TPSA) is 50.8 Å². The third-order valence-corrected chi connectivity index (χ3v) is 4.50. The zero-order valence-corrected chi connectivity index (χ0v) is 13.1. The third kappa shape index (κ3) is 2.52. The van der Waals surface area contributed by atoms with Crippen molar-refractivity contribution in [2.24, 2.45) is 0 Å². The van der Waals surface area contributed by atoms with E-state index in [0.717, 1.165) is 42.1 Å². The van der Waals surface area contributed by atoms with Crippen LogP contribution < -0.4 is 0 Å². The molecule has 3 aromatic rings. The van der Waals surface area contributed by atoms with Gasteiger partial charge < -0.3 is 13.7 Å².